The van der Waals surface area contributed by atoms with Gasteiger partial charge in [-0.3, -0.25) is 9.69 Å². The fraction of sp³-hybridized carbons (Fsp3) is 0.364. The maximum Gasteiger partial charge on any atom is 0.289 e. The molecule has 1 aliphatic rings. The van der Waals surface area contributed by atoms with Crippen LogP contribution in [0.15, 0.2) is 58.4 Å². The number of benzene rings is 1. The number of carbonyl (C=O) groups is 1. The molecule has 0 saturated carbocycles. The maximum atomic E-state index is 12.8. The Balaban J connectivity index is 1.21. The van der Waals surface area contributed by atoms with E-state index in [1.807, 2.05) is 53.0 Å². The number of halogens is 1. The van der Waals surface area contributed by atoms with E-state index in [-0.39, 0.29) is 5.91 Å². The number of imidazole rings is 1. The number of thioether (sulfide) groups is 1. The molecule has 31 heavy (non-hydrogen) atoms. The van der Waals surface area contributed by atoms with Gasteiger partial charge in [-0.05, 0) is 24.3 Å². The van der Waals surface area contributed by atoms with E-state index in [0.717, 1.165) is 30.6 Å². The Morgan fingerprint density at radius 2 is 2.00 bits per heavy atom. The van der Waals surface area contributed by atoms with Gasteiger partial charge in [-0.25, -0.2) is 4.98 Å². The van der Waals surface area contributed by atoms with Gasteiger partial charge in [-0.2, -0.15) is 0 Å². The number of carbonyl (C=O) groups excluding carboxylic acids is 1. The number of piperazine rings is 1. The van der Waals surface area contributed by atoms with Crippen LogP contribution in [-0.4, -0.2) is 64.6 Å². The molecule has 1 aliphatic heterocycles. The van der Waals surface area contributed by atoms with Crippen molar-refractivity contribution in [3.63, 3.8) is 0 Å². The van der Waals surface area contributed by atoms with Gasteiger partial charge in [0.25, 0.3) is 5.91 Å². The summed E-state index contributed by atoms with van der Waals surface area (Å²) in [4.78, 5) is 21.2. The fourth-order valence-corrected chi connectivity index (χ4v) is 4.39. The maximum absolute atomic E-state index is 12.8. The van der Waals surface area contributed by atoms with Crippen molar-refractivity contribution in [2.75, 3.05) is 39.3 Å². The predicted molar refractivity (Wildman–Crippen MR) is 121 cm³/mol. The molecular formula is C22H25ClN4O3S. The largest absolute Gasteiger partial charge is 0.491 e. The third-order valence-electron chi connectivity index (χ3n) is 5.15. The Hall–Kier alpha value is -2.42. The van der Waals surface area contributed by atoms with Gasteiger partial charge >= 0.3 is 0 Å². The summed E-state index contributed by atoms with van der Waals surface area (Å²) in [6.07, 6.45) is 3.67. The number of aromatic nitrogens is 2. The van der Waals surface area contributed by atoms with Gasteiger partial charge in [0, 0.05) is 52.2 Å². The summed E-state index contributed by atoms with van der Waals surface area (Å²) in [7, 11) is 1.95. The van der Waals surface area contributed by atoms with Crippen molar-refractivity contribution in [1.82, 2.24) is 19.4 Å². The second-order valence-electron chi connectivity index (χ2n) is 7.29. The monoisotopic (exact) mass is 460 g/mol. The number of hydrogen-bond donors (Lipinski definition) is 0. The summed E-state index contributed by atoms with van der Waals surface area (Å²) in [6.45, 7) is 4.31. The van der Waals surface area contributed by atoms with Gasteiger partial charge < -0.3 is 18.6 Å². The van der Waals surface area contributed by atoms with Gasteiger partial charge in [0.2, 0.25) is 0 Å². The first-order valence-electron chi connectivity index (χ1n) is 10.2. The lowest BCUT2D eigenvalue weighted by Gasteiger charge is -2.34. The van der Waals surface area contributed by atoms with Gasteiger partial charge in [-0.1, -0.05) is 35.5 Å². The quantitative estimate of drug-likeness (QED) is 0.476. The Bertz CT molecular complexity index is 1010. The molecule has 3 heterocycles. The van der Waals surface area contributed by atoms with E-state index in [2.05, 4.69) is 9.88 Å². The number of para-hydroxylation sites is 1. The van der Waals surface area contributed by atoms with Crippen molar-refractivity contribution in [3.05, 3.63) is 65.3 Å². The minimum atomic E-state index is -0.0554. The van der Waals surface area contributed by atoms with Crippen LogP contribution < -0.4 is 4.74 Å². The van der Waals surface area contributed by atoms with Crippen LogP contribution in [0.3, 0.4) is 0 Å². The summed E-state index contributed by atoms with van der Waals surface area (Å²) >= 11 is 7.70. The number of aryl methyl sites for hydroxylation is 1. The molecule has 0 unspecified atom stereocenters. The number of ether oxygens (including phenoxy) is 1. The smallest absolute Gasteiger partial charge is 0.289 e. The number of rotatable bonds is 8. The first-order chi connectivity index (χ1) is 15.1. The van der Waals surface area contributed by atoms with Crippen LogP contribution in [0, 0.1) is 0 Å². The number of nitrogens with zero attached hydrogens (tertiary/aromatic N) is 4. The lowest BCUT2D eigenvalue weighted by Crippen LogP contribution is -2.49. The zero-order valence-electron chi connectivity index (χ0n) is 17.4. The molecule has 0 spiro atoms. The predicted octanol–water partition coefficient (Wildman–Crippen LogP) is 3.80. The molecule has 2 aromatic heterocycles. The molecule has 3 aromatic rings. The topological polar surface area (TPSA) is 63.7 Å². The highest BCUT2D eigenvalue weighted by atomic mass is 35.5. The summed E-state index contributed by atoms with van der Waals surface area (Å²) < 4.78 is 13.5. The number of amides is 1. The second kappa shape index (κ2) is 10.3. The molecule has 9 heteroatoms. The van der Waals surface area contributed by atoms with E-state index in [9.17, 15) is 4.79 Å². The Morgan fingerprint density at radius 1 is 1.19 bits per heavy atom. The van der Waals surface area contributed by atoms with Gasteiger partial charge in [0.1, 0.15) is 18.1 Å². The highest BCUT2D eigenvalue weighted by Crippen LogP contribution is 2.24. The fourth-order valence-electron chi connectivity index (χ4n) is 3.37. The van der Waals surface area contributed by atoms with E-state index in [1.165, 1.54) is 0 Å². The zero-order valence-corrected chi connectivity index (χ0v) is 18.9. The van der Waals surface area contributed by atoms with Gasteiger partial charge in [0.05, 0.1) is 10.8 Å². The average Bonchev–Trinajstić information content (AvgIpc) is 3.42. The van der Waals surface area contributed by atoms with Crippen LogP contribution in [0.25, 0.3) is 0 Å². The minimum Gasteiger partial charge on any atom is -0.491 e. The Morgan fingerprint density at radius 3 is 2.74 bits per heavy atom. The first-order valence-corrected chi connectivity index (χ1v) is 11.5. The number of hydrogen-bond acceptors (Lipinski definition) is 6. The molecule has 0 atom stereocenters. The Labute approximate surface area is 190 Å². The van der Waals surface area contributed by atoms with Crippen LogP contribution in [-0.2, 0) is 12.8 Å². The molecule has 0 bridgehead atoms. The molecule has 1 aromatic carbocycles. The van der Waals surface area contributed by atoms with Crippen molar-refractivity contribution in [2.45, 2.75) is 10.9 Å². The van der Waals surface area contributed by atoms with Crippen LogP contribution in [0.2, 0.25) is 5.02 Å². The van der Waals surface area contributed by atoms with E-state index in [4.69, 9.17) is 20.8 Å². The number of furan rings is 1. The molecule has 1 fully saturated rings. The second-order valence-corrected chi connectivity index (χ2v) is 8.64. The Kier molecular flexibility index (Phi) is 7.21. The summed E-state index contributed by atoms with van der Waals surface area (Å²) in [5.74, 6) is 2.45. The normalized spacial score (nSPS) is 14.7. The molecule has 1 saturated heterocycles. The highest BCUT2D eigenvalue weighted by Gasteiger charge is 2.24. The van der Waals surface area contributed by atoms with Crippen molar-refractivity contribution in [1.29, 1.82) is 0 Å². The molecule has 4 rings (SSSR count). The van der Waals surface area contributed by atoms with Crippen LogP contribution in [0.4, 0.5) is 0 Å². The lowest BCUT2D eigenvalue weighted by atomic mass is 10.3. The van der Waals surface area contributed by atoms with Crippen molar-refractivity contribution >= 4 is 29.3 Å². The molecule has 0 aliphatic carbocycles. The summed E-state index contributed by atoms with van der Waals surface area (Å²) in [5, 5.41) is 1.54. The standard InChI is InChI=1S/C22H25ClN4O3S/c1-25-9-8-24-22(25)31-16-17-6-7-20(30-17)21(28)27-12-10-26(11-13-27)14-15-29-19-5-3-2-4-18(19)23/h2-9H,10-16H2,1H3. The lowest BCUT2D eigenvalue weighted by molar-refractivity contribution is 0.0589. The van der Waals surface area contributed by atoms with Crippen LogP contribution >= 0.6 is 23.4 Å². The van der Waals surface area contributed by atoms with E-state index in [1.54, 1.807) is 24.0 Å². The summed E-state index contributed by atoms with van der Waals surface area (Å²) in [5.41, 5.74) is 0. The third kappa shape index (κ3) is 5.64. The molecule has 0 N–H and O–H groups in total. The highest BCUT2D eigenvalue weighted by molar-refractivity contribution is 7.98. The van der Waals surface area contributed by atoms with Gasteiger partial charge in [-0.15, -0.1) is 0 Å². The van der Waals surface area contributed by atoms with Crippen molar-refractivity contribution in [2.24, 2.45) is 7.05 Å². The average molecular weight is 461 g/mol. The SMILES string of the molecule is Cn1ccnc1SCc1ccc(C(=O)N2CCN(CCOc3ccccc3Cl)CC2)o1. The third-order valence-corrected chi connectivity index (χ3v) is 6.55. The first kappa shape index (κ1) is 21.8. The molecule has 164 valence electrons. The van der Waals surface area contributed by atoms with E-state index >= 15 is 0 Å². The summed E-state index contributed by atoms with van der Waals surface area (Å²) in [6, 6.07) is 11.1. The molecule has 1 amide bonds. The van der Waals surface area contributed by atoms with Gasteiger partial charge in [0.15, 0.2) is 10.9 Å². The van der Waals surface area contributed by atoms with Crippen LogP contribution in [0.5, 0.6) is 5.75 Å². The molecular weight excluding hydrogens is 436 g/mol. The van der Waals surface area contributed by atoms with Crippen molar-refractivity contribution in [3.8, 4) is 5.75 Å². The molecule has 0 radical (unpaired) electrons. The van der Waals surface area contributed by atoms with E-state index < -0.39 is 0 Å². The van der Waals surface area contributed by atoms with Crippen LogP contribution in [0.1, 0.15) is 16.3 Å². The van der Waals surface area contributed by atoms with E-state index in [0.29, 0.717) is 42.0 Å². The minimum absolute atomic E-state index is 0.0554. The molecule has 7 nitrogen and oxygen atoms in total. The van der Waals surface area contributed by atoms with Crippen molar-refractivity contribution < 1.29 is 13.9 Å². The zero-order chi connectivity index (χ0) is 21.6.